The number of pyridine rings is 1. The minimum Gasteiger partial charge on any atom is -0.481 e. The normalized spacial score (nSPS) is 20.7. The zero-order chi connectivity index (χ0) is 17.4. The molecule has 0 radical (unpaired) electrons. The van der Waals surface area contributed by atoms with Crippen LogP contribution in [0.5, 0.6) is 0 Å². The number of nitrogens with one attached hydrogen (secondary N) is 1. The number of hydrogen-bond acceptors (Lipinski definition) is 5. The van der Waals surface area contributed by atoms with Crippen LogP contribution in [0.1, 0.15) is 60.8 Å². The van der Waals surface area contributed by atoms with Gasteiger partial charge < -0.3 is 14.9 Å². The molecular weight excluding hydrogens is 310 g/mol. The van der Waals surface area contributed by atoms with E-state index in [1.54, 1.807) is 13.0 Å². The van der Waals surface area contributed by atoms with Gasteiger partial charge in [-0.3, -0.25) is 9.59 Å². The molecule has 24 heavy (non-hydrogen) atoms. The van der Waals surface area contributed by atoms with Crippen molar-refractivity contribution >= 4 is 23.0 Å². The molecule has 1 saturated carbocycles. The molecule has 0 aromatic carbocycles. The maximum absolute atomic E-state index is 12.8. The zero-order valence-electron chi connectivity index (χ0n) is 14.0. The maximum atomic E-state index is 12.8. The molecule has 2 aromatic heterocycles. The fraction of sp³-hybridized carbons (Fsp3) is 0.529. The third-order valence-corrected chi connectivity index (χ3v) is 4.59. The summed E-state index contributed by atoms with van der Waals surface area (Å²) in [6.07, 6.45) is 1.74. The van der Waals surface area contributed by atoms with Crippen LogP contribution in [0.15, 0.2) is 10.6 Å². The molecule has 1 fully saturated rings. The largest absolute Gasteiger partial charge is 0.481 e. The van der Waals surface area contributed by atoms with Crippen LogP contribution < -0.4 is 5.32 Å². The number of nitrogens with zero attached hydrogens (tertiary/aromatic N) is 2. The summed E-state index contributed by atoms with van der Waals surface area (Å²) in [5, 5.41) is 16.6. The number of carbonyl (C=O) groups excluding carboxylic acids is 1. The quantitative estimate of drug-likeness (QED) is 0.892. The first kappa shape index (κ1) is 16.4. The molecule has 1 aliphatic carbocycles. The summed E-state index contributed by atoms with van der Waals surface area (Å²) >= 11 is 0. The van der Waals surface area contributed by atoms with Crippen LogP contribution in [0.3, 0.4) is 0 Å². The Labute approximate surface area is 139 Å². The molecule has 128 valence electrons. The molecule has 1 aliphatic rings. The van der Waals surface area contributed by atoms with Gasteiger partial charge in [0, 0.05) is 11.7 Å². The Morgan fingerprint density at radius 2 is 2.12 bits per heavy atom. The number of carboxylic acids is 1. The van der Waals surface area contributed by atoms with Crippen LogP contribution in [0.4, 0.5) is 0 Å². The lowest BCUT2D eigenvalue weighted by molar-refractivity contribution is -0.141. The van der Waals surface area contributed by atoms with Crippen molar-refractivity contribution in [2.75, 3.05) is 0 Å². The molecule has 0 unspecified atom stereocenters. The molecule has 1 amide bonds. The van der Waals surface area contributed by atoms with Crippen molar-refractivity contribution in [2.45, 2.75) is 52.0 Å². The van der Waals surface area contributed by atoms with E-state index in [1.165, 1.54) is 0 Å². The lowest BCUT2D eigenvalue weighted by Gasteiger charge is -2.14. The minimum absolute atomic E-state index is 0.121. The number of fused-ring (bicyclic) bond motifs is 1. The van der Waals surface area contributed by atoms with Crippen molar-refractivity contribution in [2.24, 2.45) is 5.92 Å². The number of carbonyl (C=O) groups is 2. The lowest BCUT2D eigenvalue weighted by atomic mass is 10.0. The van der Waals surface area contributed by atoms with Gasteiger partial charge in [-0.05, 0) is 38.2 Å². The van der Waals surface area contributed by atoms with Crippen LogP contribution in [-0.4, -0.2) is 33.2 Å². The maximum Gasteiger partial charge on any atom is 0.306 e. The van der Waals surface area contributed by atoms with Gasteiger partial charge in [-0.2, -0.15) is 0 Å². The highest BCUT2D eigenvalue weighted by Crippen LogP contribution is 2.28. The summed E-state index contributed by atoms with van der Waals surface area (Å²) in [5.41, 5.74) is 2.23. The van der Waals surface area contributed by atoms with Gasteiger partial charge in [-0.15, -0.1) is 0 Å². The van der Waals surface area contributed by atoms with Gasteiger partial charge in [0.15, 0.2) is 0 Å². The summed E-state index contributed by atoms with van der Waals surface area (Å²) in [7, 11) is 0. The van der Waals surface area contributed by atoms with Gasteiger partial charge >= 0.3 is 5.97 Å². The average Bonchev–Trinajstić information content (AvgIpc) is 3.14. The third-order valence-electron chi connectivity index (χ3n) is 4.59. The van der Waals surface area contributed by atoms with Crippen molar-refractivity contribution in [3.8, 4) is 0 Å². The highest BCUT2D eigenvalue weighted by atomic mass is 16.5. The number of aromatic nitrogens is 2. The van der Waals surface area contributed by atoms with E-state index in [4.69, 9.17) is 9.63 Å². The van der Waals surface area contributed by atoms with E-state index in [9.17, 15) is 9.59 Å². The Kier molecular flexibility index (Phi) is 4.26. The van der Waals surface area contributed by atoms with E-state index in [0.717, 1.165) is 5.69 Å². The Balaban J connectivity index is 1.89. The molecule has 2 atom stereocenters. The zero-order valence-corrected chi connectivity index (χ0v) is 14.0. The Hall–Kier alpha value is -2.44. The first-order valence-corrected chi connectivity index (χ1v) is 8.17. The van der Waals surface area contributed by atoms with Gasteiger partial charge in [-0.1, -0.05) is 19.0 Å². The lowest BCUT2D eigenvalue weighted by Crippen LogP contribution is -2.33. The summed E-state index contributed by atoms with van der Waals surface area (Å²) in [6.45, 7) is 5.76. The Morgan fingerprint density at radius 3 is 2.75 bits per heavy atom. The molecular formula is C17H21N3O4. The summed E-state index contributed by atoms with van der Waals surface area (Å²) in [6, 6.07) is 1.65. The first-order chi connectivity index (χ1) is 11.4. The summed E-state index contributed by atoms with van der Waals surface area (Å²) < 4.78 is 5.23. The molecule has 0 bridgehead atoms. The van der Waals surface area contributed by atoms with Crippen molar-refractivity contribution in [3.05, 3.63) is 23.0 Å². The predicted molar refractivity (Wildman–Crippen MR) is 86.9 cm³/mol. The summed E-state index contributed by atoms with van der Waals surface area (Å²) in [4.78, 5) is 28.2. The fourth-order valence-corrected chi connectivity index (χ4v) is 3.19. The van der Waals surface area contributed by atoms with Gasteiger partial charge in [0.05, 0.1) is 22.6 Å². The number of rotatable bonds is 4. The molecule has 2 N–H and O–H groups in total. The molecule has 7 heteroatoms. The van der Waals surface area contributed by atoms with Gasteiger partial charge in [0.2, 0.25) is 0 Å². The second kappa shape index (κ2) is 6.22. The Bertz CT molecular complexity index is 796. The van der Waals surface area contributed by atoms with Gasteiger partial charge in [0.25, 0.3) is 11.6 Å². The van der Waals surface area contributed by atoms with E-state index in [-0.39, 0.29) is 23.8 Å². The number of carboxylic acid groups (broad SMARTS) is 1. The first-order valence-electron chi connectivity index (χ1n) is 8.17. The minimum atomic E-state index is -0.796. The predicted octanol–water partition coefficient (Wildman–Crippen LogP) is 2.64. The van der Waals surface area contributed by atoms with Crippen LogP contribution in [0, 0.1) is 12.8 Å². The van der Waals surface area contributed by atoms with Crippen molar-refractivity contribution in [1.29, 1.82) is 0 Å². The van der Waals surface area contributed by atoms with E-state index >= 15 is 0 Å². The van der Waals surface area contributed by atoms with Crippen LogP contribution in [0.25, 0.3) is 11.1 Å². The van der Waals surface area contributed by atoms with Crippen molar-refractivity contribution in [1.82, 2.24) is 15.5 Å². The monoisotopic (exact) mass is 331 g/mol. The Morgan fingerprint density at radius 1 is 1.38 bits per heavy atom. The van der Waals surface area contributed by atoms with Crippen LogP contribution in [0.2, 0.25) is 0 Å². The highest BCUT2D eigenvalue weighted by molar-refractivity contribution is 6.06. The average molecular weight is 331 g/mol. The molecule has 0 saturated heterocycles. The van der Waals surface area contributed by atoms with Crippen LogP contribution in [-0.2, 0) is 4.79 Å². The molecule has 0 spiro atoms. The number of amides is 1. The van der Waals surface area contributed by atoms with E-state index in [2.05, 4.69) is 15.5 Å². The number of aryl methyl sites for hydroxylation is 1. The standard InChI is InChI=1S/C17H21N3O4/c1-8(2)13-7-12(14-9(3)20-24-16(14)19-13)15(21)18-11-5-4-10(6-11)17(22)23/h7-8,10-11H,4-6H2,1-3H3,(H,18,21)(H,22,23)/t10-,11+/m0/s1. The SMILES string of the molecule is Cc1noc2nc(C(C)C)cc(C(=O)N[C@@H]3CC[C@H](C(=O)O)C3)c12. The van der Waals surface area contributed by atoms with E-state index < -0.39 is 5.97 Å². The van der Waals surface area contributed by atoms with E-state index in [0.29, 0.717) is 41.6 Å². The van der Waals surface area contributed by atoms with Crippen molar-refractivity contribution in [3.63, 3.8) is 0 Å². The molecule has 7 nitrogen and oxygen atoms in total. The molecule has 3 rings (SSSR count). The van der Waals surface area contributed by atoms with E-state index in [1.807, 2.05) is 13.8 Å². The second-order valence-electron chi connectivity index (χ2n) is 6.72. The second-order valence-corrected chi connectivity index (χ2v) is 6.72. The smallest absolute Gasteiger partial charge is 0.306 e. The van der Waals surface area contributed by atoms with Gasteiger partial charge in [-0.25, -0.2) is 4.98 Å². The molecule has 2 heterocycles. The third kappa shape index (κ3) is 2.98. The molecule has 2 aromatic rings. The molecule has 0 aliphatic heterocycles. The van der Waals surface area contributed by atoms with Crippen molar-refractivity contribution < 1.29 is 19.2 Å². The van der Waals surface area contributed by atoms with Crippen LogP contribution >= 0.6 is 0 Å². The number of hydrogen-bond donors (Lipinski definition) is 2. The topological polar surface area (TPSA) is 105 Å². The van der Waals surface area contributed by atoms with Gasteiger partial charge in [0.1, 0.15) is 0 Å². The summed E-state index contributed by atoms with van der Waals surface area (Å²) in [5.74, 6) is -1.26. The number of aliphatic carboxylic acids is 1. The highest BCUT2D eigenvalue weighted by Gasteiger charge is 2.31. The fourth-order valence-electron chi connectivity index (χ4n) is 3.19.